The van der Waals surface area contributed by atoms with Crippen molar-refractivity contribution < 1.29 is 13.9 Å². The molecule has 1 aliphatic heterocycles. The maximum absolute atomic E-state index is 15.0. The van der Waals surface area contributed by atoms with E-state index in [0.29, 0.717) is 40.9 Å². The summed E-state index contributed by atoms with van der Waals surface area (Å²) in [7, 11) is 0. The monoisotopic (exact) mass is 470 g/mol. The van der Waals surface area contributed by atoms with Crippen molar-refractivity contribution in [3.63, 3.8) is 0 Å². The van der Waals surface area contributed by atoms with Crippen LogP contribution in [0.1, 0.15) is 25.5 Å². The van der Waals surface area contributed by atoms with Gasteiger partial charge in [-0.05, 0) is 56.3 Å². The van der Waals surface area contributed by atoms with E-state index in [1.807, 2.05) is 31.2 Å². The van der Waals surface area contributed by atoms with Gasteiger partial charge in [0.05, 0.1) is 24.1 Å². The molecular formula is C26H23FN6O2. The molecule has 4 aromatic rings. The molecule has 35 heavy (non-hydrogen) atoms. The Morgan fingerprint density at radius 3 is 2.66 bits per heavy atom. The number of amides is 1. The lowest BCUT2D eigenvalue weighted by atomic mass is 9.94. The van der Waals surface area contributed by atoms with Gasteiger partial charge < -0.3 is 15.4 Å². The third-order valence-corrected chi connectivity index (χ3v) is 5.64. The Kier molecular flexibility index (Phi) is 5.97. The molecular weight excluding hydrogens is 447 g/mol. The largest absolute Gasteiger partial charge is 0.494 e. The van der Waals surface area contributed by atoms with Crippen molar-refractivity contribution in [3.05, 3.63) is 95.7 Å². The van der Waals surface area contributed by atoms with E-state index in [9.17, 15) is 4.79 Å². The van der Waals surface area contributed by atoms with Gasteiger partial charge in [-0.3, -0.25) is 9.78 Å². The predicted molar refractivity (Wildman–Crippen MR) is 130 cm³/mol. The molecule has 9 heteroatoms. The second-order valence-corrected chi connectivity index (χ2v) is 7.94. The second-order valence-electron chi connectivity index (χ2n) is 7.94. The highest BCUT2D eigenvalue weighted by Crippen LogP contribution is 2.37. The molecule has 2 N–H and O–H groups in total. The Morgan fingerprint density at radius 1 is 1.14 bits per heavy atom. The number of hydrogen-bond acceptors (Lipinski definition) is 6. The molecule has 1 amide bonds. The zero-order valence-electron chi connectivity index (χ0n) is 19.2. The van der Waals surface area contributed by atoms with Gasteiger partial charge in [0, 0.05) is 23.0 Å². The number of allylic oxidation sites excluding steroid dienone is 1. The fraction of sp³-hybridized carbons (Fsp3) is 0.154. The molecule has 3 heterocycles. The van der Waals surface area contributed by atoms with Crippen LogP contribution >= 0.6 is 0 Å². The summed E-state index contributed by atoms with van der Waals surface area (Å²) in [5.41, 5.74) is 2.49. The smallest absolute Gasteiger partial charge is 0.255 e. The number of carbonyl (C=O) groups excluding carboxylic acids is 1. The first-order chi connectivity index (χ1) is 17.0. The van der Waals surface area contributed by atoms with Gasteiger partial charge in [0.15, 0.2) is 5.82 Å². The third kappa shape index (κ3) is 4.35. The first-order valence-corrected chi connectivity index (χ1v) is 11.2. The van der Waals surface area contributed by atoms with Gasteiger partial charge in [-0.25, -0.2) is 9.07 Å². The van der Waals surface area contributed by atoms with E-state index in [-0.39, 0.29) is 5.91 Å². The number of rotatable bonds is 6. The van der Waals surface area contributed by atoms with Crippen molar-refractivity contribution in [2.75, 3.05) is 17.2 Å². The van der Waals surface area contributed by atoms with Crippen molar-refractivity contribution in [1.82, 2.24) is 19.7 Å². The highest BCUT2D eigenvalue weighted by Gasteiger charge is 2.36. The van der Waals surface area contributed by atoms with Crippen molar-refractivity contribution in [3.8, 4) is 17.1 Å². The summed E-state index contributed by atoms with van der Waals surface area (Å²) in [5.74, 6) is 0.772. The zero-order valence-corrected chi connectivity index (χ0v) is 19.2. The second kappa shape index (κ2) is 9.38. The van der Waals surface area contributed by atoms with Crippen LogP contribution in [0.25, 0.3) is 11.4 Å². The fourth-order valence-corrected chi connectivity index (χ4v) is 4.05. The average Bonchev–Trinajstić information content (AvgIpc) is 3.28. The van der Waals surface area contributed by atoms with Gasteiger partial charge in [0.1, 0.15) is 17.6 Å². The minimum Gasteiger partial charge on any atom is -0.494 e. The van der Waals surface area contributed by atoms with Crippen LogP contribution in [0.15, 0.2) is 84.3 Å². The van der Waals surface area contributed by atoms with E-state index in [4.69, 9.17) is 4.74 Å². The number of pyridine rings is 1. The van der Waals surface area contributed by atoms with Gasteiger partial charge in [0.25, 0.3) is 5.91 Å². The highest BCUT2D eigenvalue weighted by atomic mass is 19.1. The van der Waals surface area contributed by atoms with E-state index in [0.717, 1.165) is 11.3 Å². The summed E-state index contributed by atoms with van der Waals surface area (Å²) in [4.78, 5) is 22.1. The molecule has 1 unspecified atom stereocenters. The van der Waals surface area contributed by atoms with Crippen LogP contribution in [0.5, 0.6) is 5.75 Å². The summed E-state index contributed by atoms with van der Waals surface area (Å²) < 4.78 is 22.1. The van der Waals surface area contributed by atoms with Crippen LogP contribution in [0.2, 0.25) is 0 Å². The van der Waals surface area contributed by atoms with Gasteiger partial charge in [-0.2, -0.15) is 4.98 Å². The quantitative estimate of drug-likeness (QED) is 0.420. The standard InChI is InChI=1S/C26H23FN6O2/c1-3-35-19-12-10-17(11-13-19)24-31-26-29-16(2)22(25(34)30-18-7-6-14-28-15-18)23(33(26)32-24)20-8-4-5-9-21(20)27/h4-15,23H,3H2,1-2H3,(H,30,34)(H,29,31,32). The summed E-state index contributed by atoms with van der Waals surface area (Å²) in [6.45, 7) is 4.25. The summed E-state index contributed by atoms with van der Waals surface area (Å²) in [6.07, 6.45) is 3.17. The Morgan fingerprint density at radius 2 is 1.94 bits per heavy atom. The number of nitrogens with one attached hydrogen (secondary N) is 2. The van der Waals surface area contributed by atoms with E-state index in [1.54, 1.807) is 54.3 Å². The summed E-state index contributed by atoms with van der Waals surface area (Å²) in [5, 5.41) is 10.7. The number of aromatic nitrogens is 4. The molecule has 0 fully saturated rings. The third-order valence-electron chi connectivity index (χ3n) is 5.64. The number of hydrogen-bond donors (Lipinski definition) is 2. The molecule has 0 saturated heterocycles. The van der Waals surface area contributed by atoms with Crippen LogP contribution in [-0.2, 0) is 4.79 Å². The molecule has 0 bridgehead atoms. The molecule has 0 saturated carbocycles. The number of fused-ring (bicyclic) bond motifs is 1. The van der Waals surface area contributed by atoms with Crippen molar-refractivity contribution in [1.29, 1.82) is 0 Å². The predicted octanol–water partition coefficient (Wildman–Crippen LogP) is 4.81. The molecule has 8 nitrogen and oxygen atoms in total. The molecule has 5 rings (SSSR count). The number of ether oxygens (including phenoxy) is 1. The summed E-state index contributed by atoms with van der Waals surface area (Å²) in [6, 6.07) is 16.4. The highest BCUT2D eigenvalue weighted by molar-refractivity contribution is 6.05. The maximum Gasteiger partial charge on any atom is 0.255 e. The molecule has 0 spiro atoms. The van der Waals surface area contributed by atoms with E-state index >= 15 is 4.39 Å². The normalized spacial score (nSPS) is 14.8. The van der Waals surface area contributed by atoms with E-state index in [1.165, 1.54) is 6.07 Å². The number of anilines is 2. The van der Waals surface area contributed by atoms with E-state index < -0.39 is 11.9 Å². The van der Waals surface area contributed by atoms with Gasteiger partial charge in [-0.15, -0.1) is 5.10 Å². The van der Waals surface area contributed by atoms with Gasteiger partial charge in [-0.1, -0.05) is 18.2 Å². The SMILES string of the molecule is CCOc1ccc(-c2nc3n(n2)C(c2ccccc2F)C(C(=O)Nc2cccnc2)=C(C)N3)cc1. The molecule has 0 radical (unpaired) electrons. The van der Waals surface area contributed by atoms with E-state index in [2.05, 4.69) is 25.7 Å². The van der Waals surface area contributed by atoms with Crippen molar-refractivity contribution in [2.45, 2.75) is 19.9 Å². The maximum atomic E-state index is 15.0. The Bertz CT molecular complexity index is 1400. The van der Waals surface area contributed by atoms with Crippen LogP contribution in [0.3, 0.4) is 0 Å². The molecule has 2 aromatic heterocycles. The number of carbonyl (C=O) groups is 1. The number of benzene rings is 2. The number of halogens is 1. The van der Waals surface area contributed by atoms with Crippen molar-refractivity contribution >= 4 is 17.5 Å². The van der Waals surface area contributed by atoms with Crippen LogP contribution < -0.4 is 15.4 Å². The van der Waals surface area contributed by atoms with Gasteiger partial charge in [0.2, 0.25) is 5.95 Å². The first-order valence-electron chi connectivity index (χ1n) is 11.2. The van der Waals surface area contributed by atoms with Gasteiger partial charge >= 0.3 is 0 Å². The first kappa shape index (κ1) is 22.3. The zero-order chi connectivity index (χ0) is 24.4. The Balaban J connectivity index is 1.58. The molecule has 176 valence electrons. The minimum atomic E-state index is -0.826. The van der Waals surface area contributed by atoms with Crippen molar-refractivity contribution in [2.24, 2.45) is 0 Å². The summed E-state index contributed by atoms with van der Waals surface area (Å²) >= 11 is 0. The van der Waals surface area contributed by atoms with Crippen LogP contribution in [0, 0.1) is 5.82 Å². The Labute approximate surface area is 201 Å². The lowest BCUT2D eigenvalue weighted by molar-refractivity contribution is -0.113. The Hall–Kier alpha value is -4.53. The van der Waals surface area contributed by atoms with Crippen LogP contribution in [-0.4, -0.2) is 32.3 Å². The minimum absolute atomic E-state index is 0.314. The molecule has 1 atom stereocenters. The fourth-order valence-electron chi connectivity index (χ4n) is 4.05. The van der Waals surface area contributed by atoms with Crippen LogP contribution in [0.4, 0.5) is 16.0 Å². The molecule has 0 aliphatic carbocycles. The molecule has 2 aromatic carbocycles. The average molecular weight is 471 g/mol. The number of nitrogens with zero attached hydrogens (tertiary/aromatic N) is 4. The lowest BCUT2D eigenvalue weighted by Gasteiger charge is -2.28. The topological polar surface area (TPSA) is 94.0 Å². The molecule has 1 aliphatic rings. The lowest BCUT2D eigenvalue weighted by Crippen LogP contribution is -2.32.